The van der Waals surface area contributed by atoms with E-state index >= 15 is 0 Å². The second-order valence-corrected chi connectivity index (χ2v) is 8.20. The van der Waals surface area contributed by atoms with Gasteiger partial charge in [0.2, 0.25) is 0 Å². The van der Waals surface area contributed by atoms with Gasteiger partial charge in [-0.1, -0.05) is 31.9 Å². The number of allylic oxidation sites excluding steroid dienone is 1. The average molecular weight is 393 g/mol. The Bertz CT molecular complexity index is 971. The maximum absolute atomic E-state index is 13.6. The minimum Gasteiger partial charge on any atom is -0.391 e. The molecule has 1 aromatic carbocycles. The number of aliphatic hydroxyl groups excluding tert-OH is 1. The van der Waals surface area contributed by atoms with E-state index in [1.54, 1.807) is 6.20 Å². The van der Waals surface area contributed by atoms with Crippen molar-refractivity contribution in [1.29, 1.82) is 5.41 Å². The summed E-state index contributed by atoms with van der Waals surface area (Å²) in [6.07, 6.45) is 7.75. The minimum absolute atomic E-state index is 0.0432. The number of nitrogens with one attached hydrogen (secondary N) is 1. The molecule has 1 aliphatic carbocycles. The van der Waals surface area contributed by atoms with Gasteiger partial charge in [-0.3, -0.25) is 9.78 Å². The number of nitrogens with zero attached hydrogens (tertiary/aromatic N) is 3. The molecule has 6 heteroatoms. The van der Waals surface area contributed by atoms with Crippen molar-refractivity contribution in [2.45, 2.75) is 50.7 Å². The molecule has 2 aliphatic rings. The lowest BCUT2D eigenvalue weighted by Gasteiger charge is -2.42. The molecule has 1 aromatic heterocycles. The fourth-order valence-corrected chi connectivity index (χ4v) is 4.70. The van der Waals surface area contributed by atoms with Gasteiger partial charge in [-0.2, -0.15) is 0 Å². The number of carbonyl (C=O) groups is 1. The van der Waals surface area contributed by atoms with Crippen molar-refractivity contribution in [2.75, 3.05) is 18.6 Å². The molecule has 0 unspecified atom stereocenters. The van der Waals surface area contributed by atoms with Crippen LogP contribution in [0, 0.1) is 5.41 Å². The number of hydrogen-bond acceptors (Lipinski definition) is 5. The zero-order chi connectivity index (χ0) is 20.5. The van der Waals surface area contributed by atoms with E-state index in [9.17, 15) is 9.90 Å². The average Bonchev–Trinajstić information content (AvgIpc) is 2.94. The number of carbonyl (C=O) groups excluding carboxylic acids is 1. The molecule has 2 heterocycles. The van der Waals surface area contributed by atoms with Gasteiger partial charge in [0.1, 0.15) is 0 Å². The highest BCUT2D eigenvalue weighted by atomic mass is 16.3. The lowest BCUT2D eigenvalue weighted by Crippen LogP contribution is -2.53. The van der Waals surface area contributed by atoms with E-state index in [1.807, 2.05) is 30.1 Å². The summed E-state index contributed by atoms with van der Waals surface area (Å²) in [6, 6.07) is 5.68. The molecule has 0 saturated heterocycles. The Balaban J connectivity index is 1.82. The zero-order valence-electron chi connectivity index (χ0n) is 16.9. The molecule has 6 nitrogen and oxygen atoms in total. The van der Waals surface area contributed by atoms with Gasteiger partial charge >= 0.3 is 0 Å². The third kappa shape index (κ3) is 3.53. The maximum Gasteiger partial charge on any atom is 0.257 e. The number of rotatable bonds is 4. The molecule has 2 N–H and O–H groups in total. The fraction of sp³-hybridized carbons (Fsp3) is 0.435. The van der Waals surface area contributed by atoms with Crippen molar-refractivity contribution >= 4 is 28.7 Å². The molecular weight excluding hydrogens is 364 g/mol. The summed E-state index contributed by atoms with van der Waals surface area (Å²) in [6.45, 7) is 4.38. The summed E-state index contributed by atoms with van der Waals surface area (Å²) in [4.78, 5) is 22.1. The molecule has 0 bridgehead atoms. The van der Waals surface area contributed by atoms with Gasteiger partial charge < -0.3 is 20.3 Å². The van der Waals surface area contributed by atoms with E-state index < -0.39 is 6.10 Å². The van der Waals surface area contributed by atoms with Crippen LogP contribution in [0.1, 0.15) is 48.0 Å². The number of aromatic nitrogens is 1. The first-order valence-corrected chi connectivity index (χ1v) is 10.3. The Labute approximate surface area is 171 Å². The zero-order valence-corrected chi connectivity index (χ0v) is 16.9. The maximum atomic E-state index is 13.6. The Kier molecular flexibility index (Phi) is 5.37. The standard InChI is InChI=1S/C23H28N4O2/c1-15(13-24)11-16-12-18-22(21-17(16)7-6-10-25-21)26(2)14-27(23(18)29)19-8-4-3-5-9-20(19)28/h6-7,10,12-13,19-20,24,28H,1,3-5,8-9,11,14H2,2H3/t19-,20-/m0/s1. The molecule has 1 aliphatic heterocycles. The highest BCUT2D eigenvalue weighted by Gasteiger charge is 2.37. The number of benzene rings is 1. The van der Waals surface area contributed by atoms with Crippen molar-refractivity contribution in [2.24, 2.45) is 0 Å². The van der Waals surface area contributed by atoms with Crippen LogP contribution in [0.2, 0.25) is 0 Å². The predicted molar refractivity (Wildman–Crippen MR) is 116 cm³/mol. The summed E-state index contributed by atoms with van der Waals surface area (Å²) < 4.78 is 0. The summed E-state index contributed by atoms with van der Waals surface area (Å²) >= 11 is 0. The highest BCUT2D eigenvalue weighted by molar-refractivity contribution is 6.10. The number of amides is 1. The number of anilines is 1. The van der Waals surface area contributed by atoms with Crippen LogP contribution < -0.4 is 4.90 Å². The summed E-state index contributed by atoms with van der Waals surface area (Å²) in [5.74, 6) is -0.0432. The molecule has 0 spiro atoms. The first kappa shape index (κ1) is 19.6. The number of pyridine rings is 1. The highest BCUT2D eigenvalue weighted by Crippen LogP contribution is 2.37. The number of hydrogen-bond donors (Lipinski definition) is 2. The van der Waals surface area contributed by atoms with Gasteiger partial charge in [0.05, 0.1) is 35.6 Å². The van der Waals surface area contributed by atoms with Crippen LogP contribution in [0.25, 0.3) is 10.9 Å². The van der Waals surface area contributed by atoms with Crippen molar-refractivity contribution in [1.82, 2.24) is 9.88 Å². The second kappa shape index (κ2) is 7.95. The van der Waals surface area contributed by atoms with Gasteiger partial charge in [0, 0.05) is 24.8 Å². The van der Waals surface area contributed by atoms with Gasteiger partial charge in [0.25, 0.3) is 5.91 Å². The molecule has 0 radical (unpaired) electrons. The Morgan fingerprint density at radius 1 is 1.38 bits per heavy atom. The first-order valence-electron chi connectivity index (χ1n) is 10.3. The van der Waals surface area contributed by atoms with E-state index in [0.29, 0.717) is 24.2 Å². The van der Waals surface area contributed by atoms with Crippen molar-refractivity contribution in [3.63, 3.8) is 0 Å². The van der Waals surface area contributed by atoms with Crippen molar-refractivity contribution in [3.05, 3.63) is 47.7 Å². The minimum atomic E-state index is -0.479. The van der Waals surface area contributed by atoms with Crippen molar-refractivity contribution < 1.29 is 9.90 Å². The first-order chi connectivity index (χ1) is 14.0. The Morgan fingerprint density at radius 2 is 2.17 bits per heavy atom. The van der Waals surface area contributed by atoms with E-state index in [2.05, 4.69) is 16.5 Å². The van der Waals surface area contributed by atoms with Crippen LogP contribution in [-0.2, 0) is 6.42 Å². The number of aliphatic hydroxyl groups is 1. The van der Waals surface area contributed by atoms with Crippen molar-refractivity contribution in [3.8, 4) is 0 Å². The van der Waals surface area contributed by atoms with Crippen LogP contribution in [-0.4, -0.2) is 53.0 Å². The Morgan fingerprint density at radius 3 is 2.97 bits per heavy atom. The van der Waals surface area contributed by atoms with Gasteiger partial charge in [-0.15, -0.1) is 0 Å². The van der Waals surface area contributed by atoms with Crippen LogP contribution in [0.4, 0.5) is 5.69 Å². The van der Waals surface area contributed by atoms with E-state index in [4.69, 9.17) is 5.41 Å². The lowest BCUT2D eigenvalue weighted by molar-refractivity contribution is 0.0317. The largest absolute Gasteiger partial charge is 0.391 e. The third-order valence-electron chi connectivity index (χ3n) is 6.16. The number of fused-ring (bicyclic) bond motifs is 3. The van der Waals surface area contributed by atoms with Crippen LogP contribution in [0.3, 0.4) is 0 Å². The molecule has 1 fully saturated rings. The molecule has 1 saturated carbocycles. The normalized spacial score (nSPS) is 22.3. The monoisotopic (exact) mass is 392 g/mol. The predicted octanol–water partition coefficient (Wildman–Crippen LogP) is 3.53. The van der Waals surface area contributed by atoms with E-state index in [1.165, 1.54) is 6.21 Å². The smallest absolute Gasteiger partial charge is 0.257 e. The molecule has 4 rings (SSSR count). The van der Waals surface area contributed by atoms with Crippen LogP contribution in [0.15, 0.2) is 36.5 Å². The van der Waals surface area contributed by atoms with Gasteiger partial charge in [-0.25, -0.2) is 0 Å². The third-order valence-corrected chi connectivity index (χ3v) is 6.16. The lowest BCUT2D eigenvalue weighted by atomic mass is 9.94. The van der Waals surface area contributed by atoms with E-state index in [-0.39, 0.29) is 11.9 Å². The molecule has 1 amide bonds. The summed E-state index contributed by atoms with van der Waals surface area (Å²) in [5, 5.41) is 19.1. The molecule has 2 atom stereocenters. The fourth-order valence-electron chi connectivity index (χ4n) is 4.70. The summed E-state index contributed by atoms with van der Waals surface area (Å²) in [5.41, 5.74) is 3.89. The molecule has 2 aromatic rings. The molecule has 29 heavy (non-hydrogen) atoms. The quantitative estimate of drug-likeness (QED) is 0.616. The second-order valence-electron chi connectivity index (χ2n) is 8.20. The molecular formula is C23H28N4O2. The van der Waals surface area contributed by atoms with Gasteiger partial charge in [0.15, 0.2) is 0 Å². The Hall–Kier alpha value is -2.73. The van der Waals surface area contributed by atoms with Gasteiger partial charge in [-0.05, 0) is 42.5 Å². The topological polar surface area (TPSA) is 80.5 Å². The SMILES string of the molecule is C=C(C=N)Cc1cc2c(c3ncccc13)N(C)CN([C@H]1CCCCC[C@@H]1O)C2=O. The van der Waals surface area contributed by atoms with E-state index in [0.717, 1.165) is 54.3 Å². The van der Waals surface area contributed by atoms with Crippen LogP contribution in [0.5, 0.6) is 0 Å². The van der Waals surface area contributed by atoms with Crippen LogP contribution >= 0.6 is 0 Å². The summed E-state index contributed by atoms with van der Waals surface area (Å²) in [7, 11) is 1.98. The molecule has 152 valence electrons.